The van der Waals surface area contributed by atoms with E-state index in [9.17, 15) is 4.79 Å². The number of nitrogens with zero attached hydrogens (tertiary/aromatic N) is 1. The average Bonchev–Trinajstić information content (AvgIpc) is 3.09. The topological polar surface area (TPSA) is 53.5 Å². The van der Waals surface area contributed by atoms with Crippen molar-refractivity contribution in [2.75, 3.05) is 6.54 Å². The molecule has 1 saturated heterocycles. The zero-order chi connectivity index (χ0) is 11.9. The fourth-order valence-electron chi connectivity index (χ4n) is 3.39. The van der Waals surface area contributed by atoms with Crippen molar-refractivity contribution in [1.82, 2.24) is 10.6 Å². The Kier molecular flexibility index (Phi) is 2.60. The Balaban J connectivity index is 1.76. The third kappa shape index (κ3) is 1.94. The summed E-state index contributed by atoms with van der Waals surface area (Å²) in [6, 6.07) is 0. The molecule has 1 aliphatic heterocycles. The second-order valence-electron chi connectivity index (χ2n) is 5.68. The number of nitrogens with one attached hydrogen (secondary N) is 2. The normalized spacial score (nSPS) is 39.5. The molecule has 3 fully saturated rings. The lowest BCUT2D eigenvalue weighted by Gasteiger charge is -2.35. The van der Waals surface area contributed by atoms with Gasteiger partial charge in [-0.1, -0.05) is 6.42 Å². The zero-order valence-corrected chi connectivity index (χ0v) is 10.5. The van der Waals surface area contributed by atoms with Crippen LogP contribution in [0.15, 0.2) is 4.99 Å². The van der Waals surface area contributed by atoms with E-state index >= 15 is 0 Å². The third-order valence-corrected chi connectivity index (χ3v) is 4.42. The van der Waals surface area contributed by atoms with Crippen LogP contribution in [-0.4, -0.2) is 24.0 Å². The van der Waals surface area contributed by atoms with Gasteiger partial charge in [0.05, 0.1) is 0 Å². The number of carbonyl (C=O) groups is 1. The summed E-state index contributed by atoms with van der Waals surface area (Å²) in [5.74, 6) is 2.49. The lowest BCUT2D eigenvalue weighted by Crippen LogP contribution is -2.50. The Morgan fingerprint density at radius 2 is 2.18 bits per heavy atom. The molecule has 0 bridgehead atoms. The lowest BCUT2D eigenvalue weighted by molar-refractivity contribution is -0.125. The monoisotopic (exact) mass is 235 g/mol. The van der Waals surface area contributed by atoms with Crippen molar-refractivity contribution in [3.05, 3.63) is 0 Å². The molecule has 3 rings (SSSR count). The van der Waals surface area contributed by atoms with E-state index in [0.717, 1.165) is 24.7 Å². The molecule has 17 heavy (non-hydrogen) atoms. The predicted octanol–water partition coefficient (Wildman–Crippen LogP) is 1.42. The summed E-state index contributed by atoms with van der Waals surface area (Å²) in [6.07, 6.45) is 7.19. The molecule has 94 valence electrons. The summed E-state index contributed by atoms with van der Waals surface area (Å²) in [7, 11) is 0. The summed E-state index contributed by atoms with van der Waals surface area (Å²) in [5, 5.41) is 6.25. The Bertz CT molecular complexity index is 362. The van der Waals surface area contributed by atoms with Gasteiger partial charge in [-0.15, -0.1) is 0 Å². The van der Waals surface area contributed by atoms with Gasteiger partial charge in [-0.25, -0.2) is 0 Å². The summed E-state index contributed by atoms with van der Waals surface area (Å²) < 4.78 is 0. The van der Waals surface area contributed by atoms with Gasteiger partial charge in [0.2, 0.25) is 0 Å². The predicted molar refractivity (Wildman–Crippen MR) is 66.7 cm³/mol. The van der Waals surface area contributed by atoms with E-state index in [0.29, 0.717) is 12.5 Å². The molecule has 0 aromatic heterocycles. The first-order valence-corrected chi connectivity index (χ1v) is 6.87. The minimum absolute atomic E-state index is 0.148. The highest BCUT2D eigenvalue weighted by Crippen LogP contribution is 2.47. The smallest absolute Gasteiger partial charge is 0.252 e. The van der Waals surface area contributed by atoms with Gasteiger partial charge in [0.25, 0.3) is 5.91 Å². The minimum atomic E-state index is -0.334. The molecule has 0 aromatic carbocycles. The summed E-state index contributed by atoms with van der Waals surface area (Å²) >= 11 is 0. The fraction of sp³-hybridized carbons (Fsp3) is 0.846. The highest BCUT2D eigenvalue weighted by atomic mass is 16.2. The van der Waals surface area contributed by atoms with Gasteiger partial charge in [-0.05, 0) is 50.9 Å². The van der Waals surface area contributed by atoms with Crippen molar-refractivity contribution in [3.8, 4) is 0 Å². The molecule has 0 aromatic rings. The summed E-state index contributed by atoms with van der Waals surface area (Å²) in [5.41, 5.74) is -0.334. The minimum Gasteiger partial charge on any atom is -0.342 e. The number of carbonyl (C=O) groups excluding carboxylic acids is 1. The molecule has 2 atom stereocenters. The van der Waals surface area contributed by atoms with Crippen LogP contribution in [0.2, 0.25) is 0 Å². The second kappa shape index (κ2) is 4.00. The molecule has 2 aliphatic carbocycles. The van der Waals surface area contributed by atoms with Crippen LogP contribution in [0.5, 0.6) is 0 Å². The van der Waals surface area contributed by atoms with E-state index in [1.807, 2.05) is 6.92 Å². The average molecular weight is 235 g/mol. The molecule has 4 heteroatoms. The van der Waals surface area contributed by atoms with Crippen molar-refractivity contribution in [2.24, 2.45) is 16.8 Å². The molecular formula is C13H21N3O. The van der Waals surface area contributed by atoms with Crippen molar-refractivity contribution >= 4 is 11.9 Å². The maximum absolute atomic E-state index is 12.2. The van der Waals surface area contributed by atoms with Crippen LogP contribution in [0, 0.1) is 11.8 Å². The van der Waals surface area contributed by atoms with Crippen molar-refractivity contribution in [2.45, 2.75) is 51.0 Å². The maximum atomic E-state index is 12.2. The number of guanidine groups is 1. The molecule has 0 radical (unpaired) electrons. The lowest BCUT2D eigenvalue weighted by atomic mass is 9.74. The molecule has 1 amide bonds. The molecular weight excluding hydrogens is 214 g/mol. The number of amides is 1. The standard InChI is InChI=1S/C13H21N3O/c1-2-14-12-15-11(17)13(16-12)7-3-4-10(8-13)9-5-6-9/h9-10H,2-8H2,1H3,(H2,14,15,16,17). The number of aliphatic imine (C=N–C) groups is 1. The van der Waals surface area contributed by atoms with Crippen LogP contribution in [0.3, 0.4) is 0 Å². The van der Waals surface area contributed by atoms with Gasteiger partial charge < -0.3 is 5.32 Å². The van der Waals surface area contributed by atoms with Crippen molar-refractivity contribution in [3.63, 3.8) is 0 Å². The highest BCUT2D eigenvalue weighted by molar-refractivity contribution is 6.09. The SMILES string of the molecule is CCN=C1NC(=O)C2(CCCC(C3CC3)C2)N1. The van der Waals surface area contributed by atoms with Crippen LogP contribution in [0.25, 0.3) is 0 Å². The van der Waals surface area contributed by atoms with Crippen LogP contribution in [0.1, 0.15) is 45.4 Å². The van der Waals surface area contributed by atoms with E-state index in [1.54, 1.807) is 0 Å². The van der Waals surface area contributed by atoms with Gasteiger partial charge >= 0.3 is 0 Å². The van der Waals surface area contributed by atoms with Crippen LogP contribution in [0.4, 0.5) is 0 Å². The third-order valence-electron chi connectivity index (χ3n) is 4.42. The summed E-state index contributed by atoms with van der Waals surface area (Å²) in [6.45, 7) is 2.70. The first-order chi connectivity index (χ1) is 8.23. The summed E-state index contributed by atoms with van der Waals surface area (Å²) in [4.78, 5) is 16.5. The second-order valence-corrected chi connectivity index (χ2v) is 5.68. The number of rotatable bonds is 2. The Hall–Kier alpha value is -1.06. The van der Waals surface area contributed by atoms with Gasteiger partial charge in [0.15, 0.2) is 5.96 Å². The fourth-order valence-corrected chi connectivity index (χ4v) is 3.39. The van der Waals surface area contributed by atoms with Crippen LogP contribution < -0.4 is 10.6 Å². The van der Waals surface area contributed by atoms with Gasteiger partial charge in [0, 0.05) is 6.54 Å². The first kappa shape index (κ1) is 11.1. The first-order valence-electron chi connectivity index (χ1n) is 6.87. The Labute approximate surface area is 102 Å². The quantitative estimate of drug-likeness (QED) is 0.760. The zero-order valence-electron chi connectivity index (χ0n) is 10.5. The van der Waals surface area contributed by atoms with Crippen LogP contribution >= 0.6 is 0 Å². The number of hydrogen-bond acceptors (Lipinski definition) is 2. The molecule has 4 nitrogen and oxygen atoms in total. The van der Waals surface area contributed by atoms with Crippen molar-refractivity contribution in [1.29, 1.82) is 0 Å². The van der Waals surface area contributed by atoms with Gasteiger partial charge in [0.1, 0.15) is 5.54 Å². The molecule has 3 aliphatic rings. The molecule has 2 unspecified atom stereocenters. The molecule has 1 heterocycles. The van der Waals surface area contributed by atoms with Gasteiger partial charge in [-0.2, -0.15) is 0 Å². The highest BCUT2D eigenvalue weighted by Gasteiger charge is 2.50. The number of hydrogen-bond donors (Lipinski definition) is 2. The van der Waals surface area contributed by atoms with E-state index < -0.39 is 0 Å². The molecule has 1 spiro atoms. The van der Waals surface area contributed by atoms with Crippen molar-refractivity contribution < 1.29 is 4.79 Å². The largest absolute Gasteiger partial charge is 0.342 e. The van der Waals surface area contributed by atoms with E-state index in [4.69, 9.17) is 0 Å². The Morgan fingerprint density at radius 3 is 2.88 bits per heavy atom. The molecule has 2 N–H and O–H groups in total. The van der Waals surface area contributed by atoms with E-state index in [-0.39, 0.29) is 11.4 Å². The van der Waals surface area contributed by atoms with Gasteiger partial charge in [-0.3, -0.25) is 15.1 Å². The van der Waals surface area contributed by atoms with E-state index in [2.05, 4.69) is 15.6 Å². The molecule has 2 saturated carbocycles. The Morgan fingerprint density at radius 1 is 1.35 bits per heavy atom. The maximum Gasteiger partial charge on any atom is 0.252 e. The van der Waals surface area contributed by atoms with Crippen LogP contribution in [-0.2, 0) is 4.79 Å². The van der Waals surface area contributed by atoms with E-state index in [1.165, 1.54) is 25.7 Å².